The zero-order chi connectivity index (χ0) is 14.8. The summed E-state index contributed by atoms with van der Waals surface area (Å²) >= 11 is 5.82. The Hall–Kier alpha value is -1.74. The van der Waals surface area contributed by atoms with E-state index in [4.69, 9.17) is 16.3 Å². The number of unbranched alkanes of at least 4 members (excludes halogenated alkanes) is 1. The van der Waals surface area contributed by atoms with Gasteiger partial charge in [0.2, 0.25) is 0 Å². The van der Waals surface area contributed by atoms with E-state index in [0.717, 1.165) is 30.8 Å². The number of aryl methyl sites for hydroxylation is 2. The summed E-state index contributed by atoms with van der Waals surface area (Å²) in [6.45, 7) is 3.02. The van der Waals surface area contributed by atoms with E-state index in [2.05, 4.69) is 34.7 Å². The number of aromatic nitrogens is 2. The van der Waals surface area contributed by atoms with Crippen LogP contribution in [0.15, 0.2) is 30.5 Å². The molecule has 0 spiro atoms. The summed E-state index contributed by atoms with van der Waals surface area (Å²) in [5.41, 5.74) is 3.49. The molecule has 4 heteroatoms. The lowest BCUT2D eigenvalue weighted by molar-refractivity contribution is 0.415. The first-order valence-corrected chi connectivity index (χ1v) is 7.77. The van der Waals surface area contributed by atoms with Gasteiger partial charge in [0.15, 0.2) is 0 Å². The molecule has 2 aromatic heterocycles. The van der Waals surface area contributed by atoms with E-state index >= 15 is 0 Å². The molecule has 21 heavy (non-hydrogen) atoms. The molecule has 0 bridgehead atoms. The highest BCUT2D eigenvalue weighted by Gasteiger charge is 2.13. The second kappa shape index (κ2) is 5.94. The Bertz CT molecular complexity index is 779. The van der Waals surface area contributed by atoms with Gasteiger partial charge in [-0.25, -0.2) is 0 Å². The van der Waals surface area contributed by atoms with Crippen LogP contribution in [0.5, 0.6) is 5.75 Å². The van der Waals surface area contributed by atoms with Gasteiger partial charge in [-0.2, -0.15) is 0 Å². The summed E-state index contributed by atoms with van der Waals surface area (Å²) in [6.07, 6.45) is 3.96. The van der Waals surface area contributed by atoms with E-state index in [0.29, 0.717) is 5.88 Å². The molecule has 1 aromatic carbocycles. The van der Waals surface area contributed by atoms with Crippen LogP contribution in [-0.4, -0.2) is 22.5 Å². The lowest BCUT2D eigenvalue weighted by Crippen LogP contribution is -2.00. The summed E-state index contributed by atoms with van der Waals surface area (Å²) in [5, 5.41) is 2.51. The van der Waals surface area contributed by atoms with Crippen molar-refractivity contribution in [3.8, 4) is 5.75 Å². The fraction of sp³-hybridized carbons (Fsp3) is 0.353. The minimum absolute atomic E-state index is 0.706. The Morgan fingerprint density at radius 3 is 2.81 bits per heavy atom. The van der Waals surface area contributed by atoms with E-state index in [9.17, 15) is 0 Å². The van der Waals surface area contributed by atoms with Gasteiger partial charge in [0.1, 0.15) is 5.75 Å². The molecule has 0 saturated heterocycles. The highest BCUT2D eigenvalue weighted by Crippen LogP contribution is 2.32. The van der Waals surface area contributed by atoms with Gasteiger partial charge in [0, 0.05) is 35.5 Å². The summed E-state index contributed by atoms with van der Waals surface area (Å²) in [5.74, 6) is 1.59. The SMILES string of the molecule is COc1ccc2c3ccnc(C)c3n(CCCCCl)c2c1. The zero-order valence-corrected chi connectivity index (χ0v) is 13.2. The van der Waals surface area contributed by atoms with Crippen molar-refractivity contribution >= 4 is 33.4 Å². The average Bonchev–Trinajstić information content (AvgIpc) is 2.82. The molecular weight excluding hydrogens is 284 g/mol. The van der Waals surface area contributed by atoms with Crippen LogP contribution in [0, 0.1) is 6.92 Å². The number of hydrogen-bond donors (Lipinski definition) is 0. The number of alkyl halides is 1. The van der Waals surface area contributed by atoms with Crippen LogP contribution in [0.2, 0.25) is 0 Å². The number of ether oxygens (including phenoxy) is 1. The summed E-state index contributed by atoms with van der Waals surface area (Å²) in [6, 6.07) is 8.35. The van der Waals surface area contributed by atoms with Gasteiger partial charge in [0.05, 0.1) is 23.8 Å². The van der Waals surface area contributed by atoms with Gasteiger partial charge in [-0.3, -0.25) is 4.98 Å². The first-order valence-electron chi connectivity index (χ1n) is 7.23. The monoisotopic (exact) mass is 302 g/mol. The molecule has 110 valence electrons. The van der Waals surface area contributed by atoms with E-state index in [1.54, 1.807) is 7.11 Å². The van der Waals surface area contributed by atoms with E-state index < -0.39 is 0 Å². The number of hydrogen-bond acceptors (Lipinski definition) is 2. The Balaban J connectivity index is 2.26. The molecule has 0 radical (unpaired) electrons. The highest BCUT2D eigenvalue weighted by atomic mass is 35.5. The van der Waals surface area contributed by atoms with Crippen molar-refractivity contribution in [3.63, 3.8) is 0 Å². The van der Waals surface area contributed by atoms with Crippen molar-refractivity contribution < 1.29 is 4.74 Å². The second-order valence-electron chi connectivity index (χ2n) is 5.22. The molecule has 2 heterocycles. The molecule has 0 aliphatic carbocycles. The molecule has 0 amide bonds. The van der Waals surface area contributed by atoms with E-state index in [1.807, 2.05) is 12.3 Å². The molecule has 0 atom stereocenters. The van der Waals surface area contributed by atoms with Crippen molar-refractivity contribution in [3.05, 3.63) is 36.2 Å². The van der Waals surface area contributed by atoms with Gasteiger partial charge >= 0.3 is 0 Å². The van der Waals surface area contributed by atoms with Crippen LogP contribution < -0.4 is 4.74 Å². The first-order chi connectivity index (χ1) is 10.3. The van der Waals surface area contributed by atoms with Crippen molar-refractivity contribution in [2.45, 2.75) is 26.3 Å². The quantitative estimate of drug-likeness (QED) is 0.511. The molecule has 0 unspecified atom stereocenters. The molecule has 0 aliphatic rings. The Kier molecular flexibility index (Phi) is 4.02. The topological polar surface area (TPSA) is 27.1 Å². The molecule has 3 aromatic rings. The number of pyridine rings is 1. The van der Waals surface area contributed by atoms with Crippen LogP contribution in [0.3, 0.4) is 0 Å². The van der Waals surface area contributed by atoms with Crippen molar-refractivity contribution in [1.82, 2.24) is 9.55 Å². The second-order valence-corrected chi connectivity index (χ2v) is 5.60. The fourth-order valence-electron chi connectivity index (χ4n) is 2.92. The molecule has 0 N–H and O–H groups in total. The first kappa shape index (κ1) is 14.2. The smallest absolute Gasteiger partial charge is 0.120 e. The maximum atomic E-state index is 5.82. The van der Waals surface area contributed by atoms with Gasteiger partial charge in [-0.1, -0.05) is 0 Å². The normalized spacial score (nSPS) is 11.4. The Labute approximate surface area is 129 Å². The van der Waals surface area contributed by atoms with Crippen molar-refractivity contribution in [1.29, 1.82) is 0 Å². The number of fused-ring (bicyclic) bond motifs is 3. The largest absolute Gasteiger partial charge is 0.497 e. The third-order valence-corrected chi connectivity index (χ3v) is 4.20. The number of halogens is 1. The maximum absolute atomic E-state index is 5.82. The number of benzene rings is 1. The molecule has 3 nitrogen and oxygen atoms in total. The minimum atomic E-state index is 0.706. The zero-order valence-electron chi connectivity index (χ0n) is 12.4. The average molecular weight is 303 g/mol. The molecule has 0 saturated carbocycles. The predicted molar refractivity (Wildman–Crippen MR) is 88.5 cm³/mol. The predicted octanol–water partition coefficient (Wildman–Crippen LogP) is 4.53. The van der Waals surface area contributed by atoms with Gasteiger partial charge in [0.25, 0.3) is 0 Å². The number of methoxy groups -OCH3 is 1. The minimum Gasteiger partial charge on any atom is -0.497 e. The third kappa shape index (κ3) is 2.46. The summed E-state index contributed by atoms with van der Waals surface area (Å²) in [4.78, 5) is 4.46. The summed E-state index contributed by atoms with van der Waals surface area (Å²) < 4.78 is 7.73. The van der Waals surface area contributed by atoms with Crippen LogP contribution in [-0.2, 0) is 6.54 Å². The molecule has 3 rings (SSSR count). The van der Waals surface area contributed by atoms with E-state index in [1.165, 1.54) is 21.8 Å². The number of nitrogens with zero attached hydrogens (tertiary/aromatic N) is 2. The van der Waals surface area contributed by atoms with Crippen LogP contribution in [0.4, 0.5) is 0 Å². The standard InChI is InChI=1S/C17H19ClN2O/c1-12-17-15(7-9-19-12)14-6-5-13(21-2)11-16(14)20(17)10-4-3-8-18/h5-7,9,11H,3-4,8,10H2,1-2H3. The maximum Gasteiger partial charge on any atom is 0.120 e. The molecular formula is C17H19ClN2O. The van der Waals surface area contributed by atoms with Crippen molar-refractivity contribution in [2.75, 3.05) is 13.0 Å². The molecule has 0 fully saturated rings. The Morgan fingerprint density at radius 2 is 2.05 bits per heavy atom. The van der Waals surface area contributed by atoms with Crippen LogP contribution in [0.25, 0.3) is 21.8 Å². The third-order valence-electron chi connectivity index (χ3n) is 3.93. The van der Waals surface area contributed by atoms with Crippen LogP contribution >= 0.6 is 11.6 Å². The van der Waals surface area contributed by atoms with Crippen LogP contribution in [0.1, 0.15) is 18.5 Å². The van der Waals surface area contributed by atoms with Gasteiger partial charge in [-0.15, -0.1) is 11.6 Å². The van der Waals surface area contributed by atoms with Gasteiger partial charge < -0.3 is 9.30 Å². The lowest BCUT2D eigenvalue weighted by Gasteiger charge is -2.08. The fourth-order valence-corrected chi connectivity index (χ4v) is 3.11. The van der Waals surface area contributed by atoms with Crippen molar-refractivity contribution in [2.24, 2.45) is 0 Å². The molecule has 0 aliphatic heterocycles. The number of rotatable bonds is 5. The lowest BCUT2D eigenvalue weighted by atomic mass is 10.1. The Morgan fingerprint density at radius 1 is 1.19 bits per heavy atom. The van der Waals surface area contributed by atoms with Gasteiger partial charge in [-0.05, 0) is 38.0 Å². The highest BCUT2D eigenvalue weighted by molar-refractivity contribution is 6.17. The van der Waals surface area contributed by atoms with E-state index in [-0.39, 0.29) is 0 Å². The summed E-state index contributed by atoms with van der Waals surface area (Å²) in [7, 11) is 1.70.